The number of aromatic nitrogens is 2. The number of nitrogens with zero attached hydrogens (tertiary/aromatic N) is 2. The summed E-state index contributed by atoms with van der Waals surface area (Å²) < 4.78 is 0. The zero-order valence-corrected chi connectivity index (χ0v) is 11.0. The van der Waals surface area contributed by atoms with E-state index >= 15 is 0 Å². The van der Waals surface area contributed by atoms with Gasteiger partial charge in [0.05, 0.1) is 17.6 Å². The monoisotopic (exact) mass is 244 g/mol. The van der Waals surface area contributed by atoms with E-state index in [0.29, 0.717) is 12.1 Å². The molecule has 0 spiro atoms. The number of likely N-dealkylation sites (tertiary alicyclic amines) is 1. The van der Waals surface area contributed by atoms with Crippen LogP contribution < -0.4 is 5.32 Å². The average Bonchev–Trinajstić information content (AvgIpc) is 2.91. The number of likely N-dealkylation sites (N-methyl/N-ethyl adjacent to an activating group) is 1. The molecule has 2 aromatic rings. The molecular weight excluding hydrogens is 224 g/mol. The highest BCUT2D eigenvalue weighted by Gasteiger charge is 2.25. The number of H-pyrrole nitrogens is 1. The van der Waals surface area contributed by atoms with Crippen LogP contribution in [0.3, 0.4) is 0 Å². The minimum atomic E-state index is 0.582. The van der Waals surface area contributed by atoms with Gasteiger partial charge in [-0.1, -0.05) is 12.1 Å². The van der Waals surface area contributed by atoms with Gasteiger partial charge in [0.1, 0.15) is 5.82 Å². The van der Waals surface area contributed by atoms with Gasteiger partial charge >= 0.3 is 0 Å². The lowest BCUT2D eigenvalue weighted by atomic mass is 10.2. The van der Waals surface area contributed by atoms with Gasteiger partial charge in [0.15, 0.2) is 0 Å². The molecule has 2 atom stereocenters. The van der Waals surface area contributed by atoms with Gasteiger partial charge in [0.25, 0.3) is 0 Å². The molecule has 3 rings (SSSR count). The lowest BCUT2D eigenvalue weighted by Gasteiger charge is -2.12. The molecule has 18 heavy (non-hydrogen) atoms. The first kappa shape index (κ1) is 11.7. The maximum Gasteiger partial charge on any atom is 0.121 e. The van der Waals surface area contributed by atoms with Crippen LogP contribution >= 0.6 is 0 Å². The van der Waals surface area contributed by atoms with E-state index in [1.165, 1.54) is 6.42 Å². The van der Waals surface area contributed by atoms with Gasteiger partial charge in [-0.2, -0.15) is 0 Å². The number of aromatic amines is 1. The molecule has 0 bridgehead atoms. The van der Waals surface area contributed by atoms with Gasteiger partial charge in [-0.3, -0.25) is 0 Å². The standard InChI is InChI=1S/C14H20N4/c1-10-7-11(9-18(10)2)15-8-14-16-12-5-3-4-6-13(12)17-14/h3-6,10-11,15H,7-9H2,1-2H3,(H,16,17). The Kier molecular flexibility index (Phi) is 3.06. The second-order valence-corrected chi connectivity index (χ2v) is 5.30. The summed E-state index contributed by atoms with van der Waals surface area (Å²) in [4.78, 5) is 10.3. The summed E-state index contributed by atoms with van der Waals surface area (Å²) in [6.45, 7) is 4.23. The van der Waals surface area contributed by atoms with E-state index in [0.717, 1.165) is 29.9 Å². The number of fused-ring (bicyclic) bond motifs is 1. The van der Waals surface area contributed by atoms with E-state index in [1.54, 1.807) is 0 Å². The first-order valence-electron chi connectivity index (χ1n) is 6.59. The molecule has 1 aliphatic heterocycles. The minimum Gasteiger partial charge on any atom is -0.341 e. The fourth-order valence-electron chi connectivity index (χ4n) is 2.67. The summed E-state index contributed by atoms with van der Waals surface area (Å²) in [5.41, 5.74) is 2.16. The van der Waals surface area contributed by atoms with Crippen molar-refractivity contribution in [2.75, 3.05) is 13.6 Å². The summed E-state index contributed by atoms with van der Waals surface area (Å²) in [7, 11) is 2.19. The molecule has 4 heteroatoms. The first-order valence-corrected chi connectivity index (χ1v) is 6.59. The van der Waals surface area contributed by atoms with Crippen molar-refractivity contribution in [2.24, 2.45) is 0 Å². The van der Waals surface area contributed by atoms with Gasteiger partial charge in [-0.15, -0.1) is 0 Å². The van der Waals surface area contributed by atoms with Crippen LogP contribution in [0.15, 0.2) is 24.3 Å². The number of imidazole rings is 1. The van der Waals surface area contributed by atoms with Crippen LogP contribution in [0.5, 0.6) is 0 Å². The largest absolute Gasteiger partial charge is 0.341 e. The summed E-state index contributed by atoms with van der Waals surface area (Å²) >= 11 is 0. The third-order valence-electron chi connectivity index (χ3n) is 3.88. The molecule has 0 aliphatic carbocycles. The second-order valence-electron chi connectivity index (χ2n) is 5.30. The van der Waals surface area contributed by atoms with Crippen LogP contribution in [0, 0.1) is 0 Å². The third-order valence-corrected chi connectivity index (χ3v) is 3.88. The number of nitrogens with one attached hydrogen (secondary N) is 2. The molecule has 1 aliphatic rings. The molecule has 4 nitrogen and oxygen atoms in total. The van der Waals surface area contributed by atoms with Crippen LogP contribution in [-0.4, -0.2) is 40.5 Å². The zero-order chi connectivity index (χ0) is 12.5. The topological polar surface area (TPSA) is 44.0 Å². The maximum absolute atomic E-state index is 4.58. The van der Waals surface area contributed by atoms with Gasteiger partial charge in [-0.05, 0) is 32.5 Å². The van der Waals surface area contributed by atoms with Crippen LogP contribution in [0.4, 0.5) is 0 Å². The molecule has 0 saturated carbocycles. The van der Waals surface area contributed by atoms with Crippen molar-refractivity contribution in [2.45, 2.75) is 32.0 Å². The van der Waals surface area contributed by atoms with Crippen molar-refractivity contribution in [3.8, 4) is 0 Å². The lowest BCUT2D eigenvalue weighted by molar-refractivity contribution is 0.326. The molecule has 1 fully saturated rings. The van der Waals surface area contributed by atoms with Crippen molar-refractivity contribution in [3.05, 3.63) is 30.1 Å². The molecule has 96 valence electrons. The number of para-hydroxylation sites is 2. The maximum atomic E-state index is 4.58. The lowest BCUT2D eigenvalue weighted by Crippen LogP contribution is -2.31. The van der Waals surface area contributed by atoms with Crippen LogP contribution in [0.25, 0.3) is 11.0 Å². The van der Waals surface area contributed by atoms with Gasteiger partial charge in [-0.25, -0.2) is 4.98 Å². The van der Waals surface area contributed by atoms with Crippen molar-refractivity contribution in [1.29, 1.82) is 0 Å². The smallest absolute Gasteiger partial charge is 0.121 e. The summed E-state index contributed by atoms with van der Waals surface area (Å²) in [5, 5.41) is 3.58. The Balaban J connectivity index is 1.63. The quantitative estimate of drug-likeness (QED) is 0.864. The highest BCUT2D eigenvalue weighted by Crippen LogP contribution is 2.15. The summed E-state index contributed by atoms with van der Waals surface area (Å²) in [5.74, 6) is 1.03. The zero-order valence-electron chi connectivity index (χ0n) is 11.0. The Morgan fingerprint density at radius 3 is 3.00 bits per heavy atom. The molecule has 2 unspecified atom stereocenters. The average molecular weight is 244 g/mol. The molecule has 2 heterocycles. The SMILES string of the molecule is CC1CC(NCc2nc3ccccc3[nH]2)CN1C. The van der Waals surface area contributed by atoms with E-state index in [4.69, 9.17) is 0 Å². The highest BCUT2D eigenvalue weighted by atomic mass is 15.2. The van der Waals surface area contributed by atoms with Crippen molar-refractivity contribution in [1.82, 2.24) is 20.2 Å². The van der Waals surface area contributed by atoms with E-state index in [2.05, 4.69) is 40.2 Å². The third kappa shape index (κ3) is 2.26. The van der Waals surface area contributed by atoms with E-state index in [-0.39, 0.29) is 0 Å². The molecule has 1 aromatic heterocycles. The number of benzene rings is 1. The second kappa shape index (κ2) is 4.71. The molecule has 0 amide bonds. The van der Waals surface area contributed by atoms with E-state index < -0.39 is 0 Å². The van der Waals surface area contributed by atoms with Crippen molar-refractivity contribution in [3.63, 3.8) is 0 Å². The predicted octanol–water partition coefficient (Wildman–Crippen LogP) is 1.75. The fraction of sp³-hybridized carbons (Fsp3) is 0.500. The molecule has 2 N–H and O–H groups in total. The Labute approximate surface area is 107 Å². The molecule has 1 saturated heterocycles. The molecule has 0 radical (unpaired) electrons. The summed E-state index contributed by atoms with van der Waals surface area (Å²) in [6.07, 6.45) is 1.22. The normalized spacial score (nSPS) is 25.0. The number of hydrogen-bond acceptors (Lipinski definition) is 3. The first-order chi connectivity index (χ1) is 8.72. The minimum absolute atomic E-state index is 0.582. The number of rotatable bonds is 3. The summed E-state index contributed by atoms with van der Waals surface area (Å²) in [6, 6.07) is 9.42. The van der Waals surface area contributed by atoms with E-state index in [1.807, 2.05) is 18.2 Å². The van der Waals surface area contributed by atoms with E-state index in [9.17, 15) is 0 Å². The number of hydrogen-bond donors (Lipinski definition) is 2. The van der Waals surface area contributed by atoms with Gasteiger partial charge in [0.2, 0.25) is 0 Å². The molecule has 1 aromatic carbocycles. The van der Waals surface area contributed by atoms with Crippen molar-refractivity contribution < 1.29 is 0 Å². The van der Waals surface area contributed by atoms with Crippen LogP contribution in [0.1, 0.15) is 19.2 Å². The van der Waals surface area contributed by atoms with Crippen molar-refractivity contribution >= 4 is 11.0 Å². The predicted molar refractivity (Wildman–Crippen MR) is 73.4 cm³/mol. The highest BCUT2D eigenvalue weighted by molar-refractivity contribution is 5.74. The van der Waals surface area contributed by atoms with Crippen LogP contribution in [0.2, 0.25) is 0 Å². The molecular formula is C14H20N4. The van der Waals surface area contributed by atoms with Gasteiger partial charge < -0.3 is 15.2 Å². The Morgan fingerprint density at radius 2 is 2.28 bits per heavy atom. The Hall–Kier alpha value is -1.39. The van der Waals surface area contributed by atoms with Gasteiger partial charge in [0, 0.05) is 18.6 Å². The fourth-order valence-corrected chi connectivity index (χ4v) is 2.67. The Morgan fingerprint density at radius 1 is 1.44 bits per heavy atom. The Bertz CT molecular complexity index is 490. The van der Waals surface area contributed by atoms with Crippen LogP contribution in [-0.2, 0) is 6.54 Å².